The van der Waals surface area contributed by atoms with E-state index in [0.717, 1.165) is 4.47 Å². The van der Waals surface area contributed by atoms with Gasteiger partial charge in [0.1, 0.15) is 5.15 Å². The number of benzene rings is 1. The Kier molecular flexibility index (Phi) is 3.73. The Hall–Kier alpha value is -1.43. The molecule has 0 saturated carbocycles. The van der Waals surface area contributed by atoms with E-state index in [0.29, 0.717) is 22.0 Å². The Balaban J connectivity index is 2.02. The van der Waals surface area contributed by atoms with Gasteiger partial charge in [0, 0.05) is 4.47 Å². The van der Waals surface area contributed by atoms with Crippen LogP contribution in [0.4, 0.5) is 5.69 Å². The smallest absolute Gasteiger partial charge is 0.299 e. The molecule has 106 valence electrons. The molecule has 21 heavy (non-hydrogen) atoms. The fraction of sp³-hybridized carbons (Fsp3) is 0.0714. The summed E-state index contributed by atoms with van der Waals surface area (Å²) in [6, 6.07) is 8.28. The van der Waals surface area contributed by atoms with Crippen LogP contribution in [0.15, 0.2) is 34.8 Å². The van der Waals surface area contributed by atoms with Crippen LogP contribution >= 0.6 is 39.1 Å². The predicted molar refractivity (Wildman–Crippen MR) is 83.9 cm³/mol. The standard InChI is InChI=1S/C14H7BrCl2N2O2/c15-7-1-3-11-8(5-7)13(20)14(21)19(11)6-10-9(16)2-4-12(17)18-10/h1-5H,6H2. The van der Waals surface area contributed by atoms with E-state index in [9.17, 15) is 9.59 Å². The molecule has 0 spiro atoms. The third-order valence-corrected chi connectivity index (χ3v) is 4.17. The monoisotopic (exact) mass is 384 g/mol. The Morgan fingerprint density at radius 1 is 1.14 bits per heavy atom. The quantitative estimate of drug-likeness (QED) is 0.582. The number of carbonyl (C=O) groups is 2. The lowest BCUT2D eigenvalue weighted by atomic mass is 10.1. The summed E-state index contributed by atoms with van der Waals surface area (Å²) >= 11 is 15.2. The number of ketones is 1. The number of fused-ring (bicyclic) bond motifs is 1. The molecule has 1 aliphatic rings. The van der Waals surface area contributed by atoms with Crippen LogP contribution in [0, 0.1) is 0 Å². The van der Waals surface area contributed by atoms with Crippen LogP contribution in [0.1, 0.15) is 16.1 Å². The summed E-state index contributed by atoms with van der Waals surface area (Å²) in [6.07, 6.45) is 0. The molecule has 0 N–H and O–H groups in total. The maximum Gasteiger partial charge on any atom is 0.299 e. The van der Waals surface area contributed by atoms with Crippen LogP contribution < -0.4 is 4.90 Å². The van der Waals surface area contributed by atoms with Gasteiger partial charge in [-0.2, -0.15) is 0 Å². The first-order valence-electron chi connectivity index (χ1n) is 5.94. The average Bonchev–Trinajstić information content (AvgIpc) is 2.68. The third kappa shape index (κ3) is 2.57. The lowest BCUT2D eigenvalue weighted by Crippen LogP contribution is -2.29. The van der Waals surface area contributed by atoms with Gasteiger partial charge in [0.15, 0.2) is 0 Å². The van der Waals surface area contributed by atoms with Gasteiger partial charge in [-0.1, -0.05) is 39.1 Å². The van der Waals surface area contributed by atoms with Crippen LogP contribution in [0.5, 0.6) is 0 Å². The fourth-order valence-electron chi connectivity index (χ4n) is 2.15. The van der Waals surface area contributed by atoms with Gasteiger partial charge in [0.25, 0.3) is 11.7 Å². The van der Waals surface area contributed by atoms with Crippen molar-refractivity contribution >= 4 is 56.5 Å². The highest BCUT2D eigenvalue weighted by atomic mass is 79.9. The summed E-state index contributed by atoms with van der Waals surface area (Å²) in [6.45, 7) is 0.0958. The molecule has 0 radical (unpaired) electrons. The second kappa shape index (κ2) is 5.40. The maximum atomic E-state index is 12.1. The molecule has 0 saturated heterocycles. The van der Waals surface area contributed by atoms with Crippen molar-refractivity contribution < 1.29 is 9.59 Å². The molecule has 1 aliphatic heterocycles. The lowest BCUT2D eigenvalue weighted by Gasteiger charge is -2.16. The van der Waals surface area contributed by atoms with Crippen molar-refractivity contribution in [2.45, 2.75) is 6.54 Å². The van der Waals surface area contributed by atoms with Gasteiger partial charge in [-0.05, 0) is 30.3 Å². The fourth-order valence-corrected chi connectivity index (χ4v) is 2.84. The van der Waals surface area contributed by atoms with Gasteiger partial charge in [-0.25, -0.2) is 4.98 Å². The highest BCUT2D eigenvalue weighted by Crippen LogP contribution is 2.33. The Morgan fingerprint density at radius 3 is 2.67 bits per heavy atom. The largest absolute Gasteiger partial charge is 0.299 e. The van der Waals surface area contributed by atoms with E-state index in [1.54, 1.807) is 30.3 Å². The molecule has 2 heterocycles. The minimum absolute atomic E-state index is 0.0958. The van der Waals surface area contributed by atoms with Crippen molar-refractivity contribution in [1.29, 1.82) is 0 Å². The van der Waals surface area contributed by atoms with Crippen molar-refractivity contribution in [3.05, 3.63) is 56.2 Å². The number of amides is 1. The molecule has 1 aromatic carbocycles. The normalized spacial score (nSPS) is 13.8. The molecular formula is C14H7BrCl2N2O2. The van der Waals surface area contributed by atoms with Crippen LogP contribution in [-0.2, 0) is 11.3 Å². The molecule has 4 nitrogen and oxygen atoms in total. The number of rotatable bonds is 2. The van der Waals surface area contributed by atoms with E-state index in [-0.39, 0.29) is 11.7 Å². The molecule has 3 rings (SSSR count). The lowest BCUT2D eigenvalue weighted by molar-refractivity contribution is -0.114. The second-order valence-electron chi connectivity index (χ2n) is 4.44. The summed E-state index contributed by atoms with van der Waals surface area (Å²) < 4.78 is 0.739. The molecule has 1 aromatic heterocycles. The zero-order valence-electron chi connectivity index (χ0n) is 10.4. The Bertz CT molecular complexity index is 780. The molecule has 2 aromatic rings. The molecule has 0 aliphatic carbocycles. The molecular weight excluding hydrogens is 379 g/mol. The van der Waals surface area contributed by atoms with Crippen molar-refractivity contribution in [2.75, 3.05) is 4.90 Å². The third-order valence-electron chi connectivity index (χ3n) is 3.13. The highest BCUT2D eigenvalue weighted by Gasteiger charge is 2.36. The van der Waals surface area contributed by atoms with E-state index < -0.39 is 11.7 Å². The van der Waals surface area contributed by atoms with Crippen molar-refractivity contribution in [2.24, 2.45) is 0 Å². The van der Waals surface area contributed by atoms with Gasteiger partial charge >= 0.3 is 0 Å². The van der Waals surface area contributed by atoms with Gasteiger partial charge in [-0.15, -0.1) is 0 Å². The summed E-state index contributed by atoms with van der Waals surface area (Å²) in [5.74, 6) is -1.13. The van der Waals surface area contributed by atoms with Gasteiger partial charge in [0.05, 0.1) is 28.5 Å². The average molecular weight is 386 g/mol. The molecule has 0 bridgehead atoms. The number of anilines is 1. The van der Waals surface area contributed by atoms with Gasteiger partial charge < -0.3 is 0 Å². The molecule has 1 amide bonds. The summed E-state index contributed by atoms with van der Waals surface area (Å²) in [5, 5.41) is 0.675. The van der Waals surface area contributed by atoms with Gasteiger partial charge in [-0.3, -0.25) is 14.5 Å². The first-order chi connectivity index (χ1) is 9.97. The van der Waals surface area contributed by atoms with E-state index >= 15 is 0 Å². The zero-order valence-corrected chi connectivity index (χ0v) is 13.5. The van der Waals surface area contributed by atoms with Crippen LogP contribution in [0.2, 0.25) is 10.2 Å². The number of Topliss-reactive ketones (excluding diaryl/α,β-unsaturated/α-hetero) is 1. The van der Waals surface area contributed by atoms with Crippen molar-refractivity contribution in [3.63, 3.8) is 0 Å². The van der Waals surface area contributed by atoms with E-state index in [2.05, 4.69) is 20.9 Å². The van der Waals surface area contributed by atoms with E-state index in [4.69, 9.17) is 23.2 Å². The van der Waals surface area contributed by atoms with Crippen LogP contribution in [-0.4, -0.2) is 16.7 Å². The number of carbonyl (C=O) groups excluding carboxylic acids is 2. The predicted octanol–water partition coefficient (Wildman–Crippen LogP) is 3.88. The number of nitrogens with zero attached hydrogens (tertiary/aromatic N) is 2. The molecule has 0 fully saturated rings. The summed E-state index contributed by atoms with van der Waals surface area (Å²) in [4.78, 5) is 29.6. The van der Waals surface area contributed by atoms with E-state index in [1.165, 1.54) is 4.90 Å². The maximum absolute atomic E-state index is 12.1. The molecule has 0 atom stereocenters. The SMILES string of the molecule is O=C1C(=O)N(Cc2nc(Cl)ccc2Cl)c2ccc(Br)cc21. The minimum atomic E-state index is -0.596. The first-order valence-corrected chi connectivity index (χ1v) is 7.49. The number of hydrogen-bond donors (Lipinski definition) is 0. The number of aromatic nitrogens is 1. The summed E-state index contributed by atoms with van der Waals surface area (Å²) in [5.41, 5.74) is 1.36. The van der Waals surface area contributed by atoms with Gasteiger partial charge in [0.2, 0.25) is 0 Å². The van der Waals surface area contributed by atoms with Crippen molar-refractivity contribution in [1.82, 2.24) is 4.98 Å². The topological polar surface area (TPSA) is 50.3 Å². The molecule has 7 heteroatoms. The zero-order chi connectivity index (χ0) is 15.1. The number of halogens is 3. The van der Waals surface area contributed by atoms with Crippen LogP contribution in [0.25, 0.3) is 0 Å². The van der Waals surface area contributed by atoms with Crippen LogP contribution in [0.3, 0.4) is 0 Å². The number of pyridine rings is 1. The van der Waals surface area contributed by atoms with Crippen molar-refractivity contribution in [3.8, 4) is 0 Å². The Morgan fingerprint density at radius 2 is 1.90 bits per heavy atom. The highest BCUT2D eigenvalue weighted by molar-refractivity contribution is 9.10. The van der Waals surface area contributed by atoms with E-state index in [1.807, 2.05) is 0 Å². The first kappa shape index (κ1) is 14.5. The number of hydrogen-bond acceptors (Lipinski definition) is 3. The molecule has 0 unspecified atom stereocenters. The summed E-state index contributed by atoms with van der Waals surface area (Å²) in [7, 11) is 0. The minimum Gasteiger partial charge on any atom is -0.299 e. The second-order valence-corrected chi connectivity index (χ2v) is 6.15. The Labute approximate surface area is 138 Å².